The van der Waals surface area contributed by atoms with Crippen LogP contribution in [0.1, 0.15) is 17.8 Å². The molecule has 1 fully saturated rings. The number of nitrogens with one attached hydrogen (secondary N) is 1. The van der Waals surface area contributed by atoms with Gasteiger partial charge in [0.15, 0.2) is 0 Å². The topological polar surface area (TPSA) is 24.5 Å². The van der Waals surface area contributed by atoms with Gasteiger partial charge in [-0.05, 0) is 42.0 Å². The van der Waals surface area contributed by atoms with Crippen molar-refractivity contribution in [2.45, 2.75) is 19.1 Å². The second-order valence-corrected chi connectivity index (χ2v) is 6.95. The summed E-state index contributed by atoms with van der Waals surface area (Å²) in [5.41, 5.74) is 0. The van der Waals surface area contributed by atoms with Crippen molar-refractivity contribution in [2.75, 3.05) is 33.3 Å². The normalized spacial score (nSPS) is 22.9. The Morgan fingerprint density at radius 1 is 1.65 bits per heavy atom. The van der Waals surface area contributed by atoms with Gasteiger partial charge in [0.1, 0.15) is 0 Å². The van der Waals surface area contributed by atoms with Gasteiger partial charge in [0, 0.05) is 30.6 Å². The van der Waals surface area contributed by atoms with Crippen LogP contribution in [0.3, 0.4) is 0 Å². The van der Waals surface area contributed by atoms with Crippen molar-refractivity contribution in [3.63, 3.8) is 0 Å². The van der Waals surface area contributed by atoms with Gasteiger partial charge >= 0.3 is 0 Å². The fourth-order valence-electron chi connectivity index (χ4n) is 1.99. The van der Waals surface area contributed by atoms with Gasteiger partial charge in [-0.25, -0.2) is 0 Å². The van der Waals surface area contributed by atoms with Gasteiger partial charge in [0.25, 0.3) is 0 Å². The van der Waals surface area contributed by atoms with Crippen molar-refractivity contribution in [1.82, 2.24) is 10.2 Å². The molecule has 2 unspecified atom stereocenters. The molecule has 0 bridgehead atoms. The highest BCUT2D eigenvalue weighted by Gasteiger charge is 2.20. The zero-order valence-corrected chi connectivity index (χ0v) is 12.7. The van der Waals surface area contributed by atoms with Crippen LogP contribution in [0.25, 0.3) is 0 Å². The average molecular weight is 319 g/mol. The van der Waals surface area contributed by atoms with E-state index in [0.29, 0.717) is 12.1 Å². The zero-order valence-electron chi connectivity index (χ0n) is 10.3. The smallest absolute Gasteiger partial charge is 0.0826 e. The third-order valence-corrected chi connectivity index (χ3v) is 4.96. The van der Waals surface area contributed by atoms with Crippen LogP contribution in [0.5, 0.6) is 0 Å². The minimum atomic E-state index is 0.319. The molecule has 0 amide bonds. The lowest BCUT2D eigenvalue weighted by molar-refractivity contribution is 0.00417. The summed E-state index contributed by atoms with van der Waals surface area (Å²) in [5, 5.41) is 3.37. The summed E-state index contributed by atoms with van der Waals surface area (Å²) in [6, 6.07) is 4.75. The Labute approximate surface area is 115 Å². The molecule has 2 rings (SSSR count). The van der Waals surface area contributed by atoms with Crippen LogP contribution in [0.2, 0.25) is 0 Å². The molecule has 0 aliphatic carbocycles. The molecular formula is C12H19BrN2OS. The summed E-state index contributed by atoms with van der Waals surface area (Å²) in [7, 11) is 2.16. The summed E-state index contributed by atoms with van der Waals surface area (Å²) in [6.45, 7) is 5.99. The first-order valence-corrected chi connectivity index (χ1v) is 7.55. The molecule has 1 aliphatic rings. The van der Waals surface area contributed by atoms with Crippen molar-refractivity contribution in [1.29, 1.82) is 0 Å². The molecule has 1 saturated heterocycles. The van der Waals surface area contributed by atoms with Gasteiger partial charge in [0.2, 0.25) is 0 Å². The first-order valence-electron chi connectivity index (χ1n) is 5.94. The van der Waals surface area contributed by atoms with E-state index in [0.717, 1.165) is 26.2 Å². The van der Waals surface area contributed by atoms with E-state index in [1.165, 1.54) is 8.66 Å². The van der Waals surface area contributed by atoms with Gasteiger partial charge < -0.3 is 10.1 Å². The van der Waals surface area contributed by atoms with Gasteiger partial charge in [-0.3, -0.25) is 4.90 Å². The maximum absolute atomic E-state index is 5.73. The highest BCUT2D eigenvalue weighted by atomic mass is 79.9. The number of thiophene rings is 1. The van der Waals surface area contributed by atoms with Crippen LogP contribution < -0.4 is 5.32 Å². The molecule has 1 aromatic rings. The number of hydrogen-bond donors (Lipinski definition) is 1. The molecule has 1 aromatic heterocycles. The second kappa shape index (κ2) is 6.29. The number of morpholine rings is 1. The largest absolute Gasteiger partial charge is 0.374 e. The number of hydrogen-bond acceptors (Lipinski definition) is 4. The Balaban J connectivity index is 1.88. The SMILES string of the molecule is CC(c1ccc(Br)s1)N(C)CC1CNCCO1. The molecule has 1 N–H and O–H groups in total. The van der Waals surface area contributed by atoms with Gasteiger partial charge in [-0.15, -0.1) is 11.3 Å². The molecule has 17 heavy (non-hydrogen) atoms. The molecule has 0 radical (unpaired) electrons. The summed E-state index contributed by atoms with van der Waals surface area (Å²) < 4.78 is 6.93. The second-order valence-electron chi connectivity index (χ2n) is 4.45. The number of halogens is 1. The van der Waals surface area contributed by atoms with E-state index in [1.807, 2.05) is 0 Å². The van der Waals surface area contributed by atoms with Gasteiger partial charge in [0.05, 0.1) is 16.5 Å². The molecule has 96 valence electrons. The molecule has 2 heterocycles. The van der Waals surface area contributed by atoms with E-state index in [9.17, 15) is 0 Å². The lowest BCUT2D eigenvalue weighted by Gasteiger charge is -2.31. The zero-order chi connectivity index (χ0) is 12.3. The molecule has 1 aliphatic heterocycles. The summed E-state index contributed by atoms with van der Waals surface area (Å²) in [5.74, 6) is 0. The number of rotatable bonds is 4. The summed E-state index contributed by atoms with van der Waals surface area (Å²) in [6.07, 6.45) is 0.319. The van der Waals surface area contributed by atoms with Gasteiger partial charge in [-0.1, -0.05) is 0 Å². The molecule has 5 heteroatoms. The third kappa shape index (κ3) is 3.76. The van der Waals surface area contributed by atoms with E-state index in [2.05, 4.69) is 52.3 Å². The predicted molar refractivity (Wildman–Crippen MR) is 75.7 cm³/mol. The Morgan fingerprint density at radius 2 is 2.47 bits per heavy atom. The number of ether oxygens (including phenoxy) is 1. The standard InChI is InChI=1S/C12H19BrN2OS/c1-9(11-3-4-12(13)17-11)15(2)8-10-7-14-5-6-16-10/h3-4,9-10,14H,5-8H2,1-2H3. The average Bonchev–Trinajstić information content (AvgIpc) is 2.76. The monoisotopic (exact) mass is 318 g/mol. The Morgan fingerprint density at radius 3 is 3.06 bits per heavy atom. The predicted octanol–water partition coefficient (Wildman–Crippen LogP) is 2.49. The van der Waals surface area contributed by atoms with E-state index in [4.69, 9.17) is 4.74 Å². The molecule has 0 aromatic carbocycles. The Bertz CT molecular complexity index is 352. The first kappa shape index (κ1) is 13.5. The van der Waals surface area contributed by atoms with Crippen LogP contribution in [-0.4, -0.2) is 44.3 Å². The van der Waals surface area contributed by atoms with Crippen molar-refractivity contribution in [2.24, 2.45) is 0 Å². The molecule has 2 atom stereocenters. The molecule has 0 spiro atoms. The molecule has 3 nitrogen and oxygen atoms in total. The highest BCUT2D eigenvalue weighted by molar-refractivity contribution is 9.11. The molecular weight excluding hydrogens is 300 g/mol. The van der Waals surface area contributed by atoms with E-state index in [-0.39, 0.29) is 0 Å². The quantitative estimate of drug-likeness (QED) is 0.923. The maximum atomic E-state index is 5.73. The fourth-order valence-corrected chi connectivity index (χ4v) is 3.53. The maximum Gasteiger partial charge on any atom is 0.0826 e. The van der Waals surface area contributed by atoms with E-state index >= 15 is 0 Å². The Kier molecular flexibility index (Phi) is 4.99. The van der Waals surface area contributed by atoms with E-state index < -0.39 is 0 Å². The molecule has 0 saturated carbocycles. The minimum Gasteiger partial charge on any atom is -0.374 e. The van der Waals surface area contributed by atoms with E-state index in [1.54, 1.807) is 11.3 Å². The van der Waals surface area contributed by atoms with Crippen LogP contribution in [-0.2, 0) is 4.74 Å². The van der Waals surface area contributed by atoms with Gasteiger partial charge in [-0.2, -0.15) is 0 Å². The Hall–Kier alpha value is 0.0600. The van der Waals surface area contributed by atoms with Crippen molar-refractivity contribution in [3.05, 3.63) is 20.8 Å². The van der Waals surface area contributed by atoms with Crippen LogP contribution >= 0.6 is 27.3 Å². The lowest BCUT2D eigenvalue weighted by atomic mass is 10.2. The van der Waals surface area contributed by atoms with Crippen LogP contribution in [0.4, 0.5) is 0 Å². The highest BCUT2D eigenvalue weighted by Crippen LogP contribution is 2.29. The summed E-state index contributed by atoms with van der Waals surface area (Å²) >= 11 is 5.32. The van der Waals surface area contributed by atoms with Crippen LogP contribution in [0.15, 0.2) is 15.9 Å². The fraction of sp³-hybridized carbons (Fsp3) is 0.667. The third-order valence-electron chi connectivity index (χ3n) is 3.16. The van der Waals surface area contributed by atoms with Crippen LogP contribution in [0, 0.1) is 0 Å². The number of nitrogens with zero attached hydrogens (tertiary/aromatic N) is 1. The number of likely N-dealkylation sites (N-methyl/N-ethyl adjacent to an activating group) is 1. The first-order chi connectivity index (χ1) is 8.16. The lowest BCUT2D eigenvalue weighted by Crippen LogP contribution is -2.44. The van der Waals surface area contributed by atoms with Crippen molar-refractivity contribution >= 4 is 27.3 Å². The van der Waals surface area contributed by atoms with Crippen molar-refractivity contribution in [3.8, 4) is 0 Å². The van der Waals surface area contributed by atoms with Crippen molar-refractivity contribution < 1.29 is 4.74 Å². The summed E-state index contributed by atoms with van der Waals surface area (Å²) in [4.78, 5) is 3.75. The minimum absolute atomic E-state index is 0.319.